The summed E-state index contributed by atoms with van der Waals surface area (Å²) in [5.41, 5.74) is 0. The Bertz CT molecular complexity index is 145. The largest absolute Gasteiger partial charge is 0.313 e. The molecule has 0 heterocycles. The van der Waals surface area contributed by atoms with E-state index in [1.807, 2.05) is 0 Å². The van der Waals surface area contributed by atoms with Gasteiger partial charge >= 0.3 is 0 Å². The lowest BCUT2D eigenvalue weighted by molar-refractivity contribution is 0.194. The average Bonchev–Trinajstić information content (AvgIpc) is 2.09. The summed E-state index contributed by atoms with van der Waals surface area (Å²) >= 11 is 0. The van der Waals surface area contributed by atoms with Gasteiger partial charge < -0.3 is 10.2 Å². The molecular formula is C12H26N2. The van der Waals surface area contributed by atoms with Gasteiger partial charge in [0.2, 0.25) is 0 Å². The molecule has 2 heteroatoms. The van der Waals surface area contributed by atoms with Crippen LogP contribution >= 0.6 is 0 Å². The van der Waals surface area contributed by atoms with Crippen LogP contribution in [0.3, 0.4) is 0 Å². The molecule has 0 radical (unpaired) electrons. The second kappa shape index (κ2) is 6.41. The summed E-state index contributed by atoms with van der Waals surface area (Å²) in [5.74, 6) is 0. The van der Waals surface area contributed by atoms with Gasteiger partial charge in [-0.3, -0.25) is 0 Å². The maximum atomic E-state index is 3.64. The van der Waals surface area contributed by atoms with Crippen molar-refractivity contribution < 1.29 is 0 Å². The van der Waals surface area contributed by atoms with Crippen molar-refractivity contribution in [1.29, 1.82) is 0 Å². The zero-order valence-corrected chi connectivity index (χ0v) is 10.1. The summed E-state index contributed by atoms with van der Waals surface area (Å²) < 4.78 is 0. The Balaban J connectivity index is 2.51. The third-order valence-corrected chi connectivity index (χ3v) is 3.36. The van der Waals surface area contributed by atoms with Crippen LogP contribution in [0.25, 0.3) is 0 Å². The van der Waals surface area contributed by atoms with Crippen LogP contribution in [0.15, 0.2) is 0 Å². The number of hydrogen-bond acceptors (Lipinski definition) is 2. The molecule has 2 atom stereocenters. The molecular weight excluding hydrogens is 172 g/mol. The SMILES string of the molecule is CCNC1CCCCCCC1N(C)C. The van der Waals surface area contributed by atoms with E-state index in [4.69, 9.17) is 0 Å². The second-order valence-electron chi connectivity index (χ2n) is 4.69. The zero-order valence-electron chi connectivity index (χ0n) is 10.1. The van der Waals surface area contributed by atoms with Crippen LogP contribution in [-0.4, -0.2) is 37.6 Å². The third-order valence-electron chi connectivity index (χ3n) is 3.36. The molecule has 0 spiro atoms. The second-order valence-corrected chi connectivity index (χ2v) is 4.69. The van der Waals surface area contributed by atoms with Gasteiger partial charge in [-0.25, -0.2) is 0 Å². The summed E-state index contributed by atoms with van der Waals surface area (Å²) in [6.07, 6.45) is 8.40. The highest BCUT2D eigenvalue weighted by Crippen LogP contribution is 2.20. The van der Waals surface area contributed by atoms with E-state index in [1.54, 1.807) is 0 Å². The van der Waals surface area contributed by atoms with Crippen molar-refractivity contribution in [2.45, 2.75) is 57.5 Å². The first kappa shape index (κ1) is 12.0. The molecule has 0 aromatic carbocycles. The normalized spacial score (nSPS) is 30.0. The van der Waals surface area contributed by atoms with E-state index < -0.39 is 0 Å². The highest BCUT2D eigenvalue weighted by molar-refractivity contribution is 4.83. The first-order valence-corrected chi connectivity index (χ1v) is 6.15. The fourth-order valence-corrected chi connectivity index (χ4v) is 2.58. The van der Waals surface area contributed by atoms with Crippen molar-refractivity contribution in [1.82, 2.24) is 10.2 Å². The van der Waals surface area contributed by atoms with E-state index in [0.717, 1.165) is 18.6 Å². The summed E-state index contributed by atoms with van der Waals surface area (Å²) in [7, 11) is 4.44. The molecule has 2 unspecified atom stereocenters. The minimum absolute atomic E-state index is 0.718. The van der Waals surface area contributed by atoms with E-state index in [2.05, 4.69) is 31.2 Å². The molecule has 14 heavy (non-hydrogen) atoms. The van der Waals surface area contributed by atoms with Crippen LogP contribution < -0.4 is 5.32 Å². The minimum atomic E-state index is 0.718. The Morgan fingerprint density at radius 3 is 2.29 bits per heavy atom. The molecule has 1 aliphatic rings. The van der Waals surface area contributed by atoms with E-state index in [1.165, 1.54) is 38.5 Å². The molecule has 1 rings (SSSR count). The molecule has 1 saturated carbocycles. The Hall–Kier alpha value is -0.0800. The minimum Gasteiger partial charge on any atom is -0.313 e. The number of hydrogen-bond donors (Lipinski definition) is 1. The molecule has 0 saturated heterocycles. The van der Waals surface area contributed by atoms with Gasteiger partial charge in [0, 0.05) is 12.1 Å². The Morgan fingerprint density at radius 2 is 1.71 bits per heavy atom. The topological polar surface area (TPSA) is 15.3 Å². The number of likely N-dealkylation sites (N-methyl/N-ethyl adjacent to an activating group) is 2. The van der Waals surface area contributed by atoms with Crippen LogP contribution in [0, 0.1) is 0 Å². The quantitative estimate of drug-likeness (QED) is 0.748. The van der Waals surface area contributed by atoms with E-state index in [0.29, 0.717) is 0 Å². The molecule has 1 N–H and O–H groups in total. The lowest BCUT2D eigenvalue weighted by Crippen LogP contribution is -2.47. The van der Waals surface area contributed by atoms with Crippen molar-refractivity contribution in [3.8, 4) is 0 Å². The molecule has 0 aromatic heterocycles. The summed E-state index contributed by atoms with van der Waals surface area (Å²) in [4.78, 5) is 2.40. The van der Waals surface area contributed by atoms with Gasteiger partial charge in [0.15, 0.2) is 0 Å². The molecule has 1 fully saturated rings. The smallest absolute Gasteiger partial charge is 0.0243 e. The van der Waals surface area contributed by atoms with E-state index in [-0.39, 0.29) is 0 Å². The number of rotatable bonds is 3. The fourth-order valence-electron chi connectivity index (χ4n) is 2.58. The van der Waals surface area contributed by atoms with Gasteiger partial charge in [-0.1, -0.05) is 32.6 Å². The van der Waals surface area contributed by atoms with Crippen molar-refractivity contribution >= 4 is 0 Å². The number of nitrogens with one attached hydrogen (secondary N) is 1. The first-order chi connectivity index (χ1) is 6.75. The highest BCUT2D eigenvalue weighted by Gasteiger charge is 2.23. The molecule has 1 aliphatic carbocycles. The van der Waals surface area contributed by atoms with Gasteiger partial charge in [0.1, 0.15) is 0 Å². The van der Waals surface area contributed by atoms with Gasteiger partial charge in [-0.2, -0.15) is 0 Å². The Kier molecular flexibility index (Phi) is 5.49. The lowest BCUT2D eigenvalue weighted by Gasteiger charge is -2.34. The van der Waals surface area contributed by atoms with Gasteiger partial charge in [-0.05, 0) is 33.5 Å². The standard InChI is InChI=1S/C12H26N2/c1-4-13-11-9-7-5-6-8-10-12(11)14(2)3/h11-13H,4-10H2,1-3H3. The summed E-state index contributed by atoms with van der Waals surface area (Å²) in [6.45, 7) is 3.32. The van der Waals surface area contributed by atoms with Crippen molar-refractivity contribution in [2.75, 3.05) is 20.6 Å². The summed E-state index contributed by atoms with van der Waals surface area (Å²) in [5, 5.41) is 3.64. The molecule has 0 aromatic rings. The van der Waals surface area contributed by atoms with Crippen molar-refractivity contribution in [2.24, 2.45) is 0 Å². The zero-order chi connectivity index (χ0) is 10.4. The van der Waals surface area contributed by atoms with Crippen LogP contribution in [0.2, 0.25) is 0 Å². The molecule has 0 bridgehead atoms. The molecule has 0 aliphatic heterocycles. The van der Waals surface area contributed by atoms with Gasteiger partial charge in [-0.15, -0.1) is 0 Å². The lowest BCUT2D eigenvalue weighted by atomic mass is 9.91. The predicted molar refractivity (Wildman–Crippen MR) is 62.6 cm³/mol. The monoisotopic (exact) mass is 198 g/mol. The van der Waals surface area contributed by atoms with Crippen molar-refractivity contribution in [3.05, 3.63) is 0 Å². The van der Waals surface area contributed by atoms with Crippen LogP contribution in [0.5, 0.6) is 0 Å². The maximum Gasteiger partial charge on any atom is 0.0243 e. The molecule has 0 amide bonds. The van der Waals surface area contributed by atoms with Gasteiger partial charge in [0.25, 0.3) is 0 Å². The highest BCUT2D eigenvalue weighted by atomic mass is 15.1. The first-order valence-electron chi connectivity index (χ1n) is 6.15. The summed E-state index contributed by atoms with van der Waals surface area (Å²) in [6, 6.07) is 1.46. The fraction of sp³-hybridized carbons (Fsp3) is 1.00. The van der Waals surface area contributed by atoms with E-state index in [9.17, 15) is 0 Å². The molecule has 2 nitrogen and oxygen atoms in total. The van der Waals surface area contributed by atoms with Crippen LogP contribution in [0.1, 0.15) is 45.4 Å². The maximum absolute atomic E-state index is 3.64. The average molecular weight is 198 g/mol. The third kappa shape index (κ3) is 3.58. The molecule has 84 valence electrons. The Labute approximate surface area is 89.1 Å². The Morgan fingerprint density at radius 1 is 1.07 bits per heavy atom. The number of nitrogens with zero attached hydrogens (tertiary/aromatic N) is 1. The predicted octanol–water partition coefficient (Wildman–Crippen LogP) is 2.25. The van der Waals surface area contributed by atoms with Crippen LogP contribution in [0.4, 0.5) is 0 Å². The van der Waals surface area contributed by atoms with Gasteiger partial charge in [0.05, 0.1) is 0 Å². The van der Waals surface area contributed by atoms with Crippen LogP contribution in [-0.2, 0) is 0 Å². The van der Waals surface area contributed by atoms with E-state index >= 15 is 0 Å². The van der Waals surface area contributed by atoms with Crippen molar-refractivity contribution in [3.63, 3.8) is 0 Å².